The summed E-state index contributed by atoms with van der Waals surface area (Å²) in [5.41, 5.74) is 2.45. The summed E-state index contributed by atoms with van der Waals surface area (Å²) < 4.78 is 21.7. The van der Waals surface area contributed by atoms with Crippen LogP contribution in [0.3, 0.4) is 0 Å². The molecule has 34 heavy (non-hydrogen) atoms. The second kappa shape index (κ2) is 13.3. The second-order valence-electron chi connectivity index (χ2n) is 7.55. The highest BCUT2D eigenvalue weighted by Crippen LogP contribution is 2.38. The first-order chi connectivity index (χ1) is 16.3. The van der Waals surface area contributed by atoms with Gasteiger partial charge in [-0.25, -0.2) is 9.59 Å². The van der Waals surface area contributed by atoms with Gasteiger partial charge in [0.2, 0.25) is 5.75 Å². The number of piperazine rings is 1. The fraction of sp³-hybridized carbons (Fsp3) is 0.417. The normalized spacial score (nSPS) is 13.9. The van der Waals surface area contributed by atoms with Crippen LogP contribution in [0.15, 0.2) is 36.4 Å². The number of hydrogen-bond acceptors (Lipinski definition) is 8. The molecule has 2 N–H and O–H groups in total. The van der Waals surface area contributed by atoms with Gasteiger partial charge in [-0.05, 0) is 35.4 Å². The lowest BCUT2D eigenvalue weighted by Gasteiger charge is -2.35. The van der Waals surface area contributed by atoms with Crippen molar-refractivity contribution in [3.05, 3.63) is 47.5 Å². The van der Waals surface area contributed by atoms with E-state index in [2.05, 4.69) is 28.0 Å². The van der Waals surface area contributed by atoms with Crippen LogP contribution < -0.4 is 18.9 Å². The van der Waals surface area contributed by atoms with Crippen molar-refractivity contribution in [3.63, 3.8) is 0 Å². The maximum Gasteiger partial charge on any atom is 0.414 e. The number of carbonyl (C=O) groups is 2. The molecule has 0 radical (unpaired) electrons. The highest BCUT2D eigenvalue weighted by molar-refractivity contribution is 6.27. The van der Waals surface area contributed by atoms with Gasteiger partial charge in [0.15, 0.2) is 11.5 Å². The van der Waals surface area contributed by atoms with E-state index in [1.807, 2.05) is 18.2 Å². The minimum absolute atomic E-state index is 0.636. The minimum atomic E-state index is -1.82. The molecule has 1 aliphatic heterocycles. The lowest BCUT2D eigenvalue weighted by molar-refractivity contribution is -0.159. The number of nitrogens with zero attached hydrogens (tertiary/aromatic N) is 2. The van der Waals surface area contributed by atoms with Gasteiger partial charge in [-0.1, -0.05) is 12.1 Å². The molecule has 0 saturated carbocycles. The lowest BCUT2D eigenvalue weighted by Crippen LogP contribution is -2.45. The fourth-order valence-corrected chi connectivity index (χ4v) is 3.62. The SMILES string of the molecule is COc1cccc(CN2CCN(Cc3cc(OC)c(OC)c(OC)c3)CC2)c1.O=C(O)C(=O)O. The summed E-state index contributed by atoms with van der Waals surface area (Å²) in [6.45, 7) is 5.96. The topological polar surface area (TPSA) is 118 Å². The van der Waals surface area contributed by atoms with Crippen LogP contribution in [-0.4, -0.2) is 86.6 Å². The Morgan fingerprint density at radius 3 is 1.65 bits per heavy atom. The molecule has 0 aromatic heterocycles. The van der Waals surface area contributed by atoms with Crippen molar-refractivity contribution < 1.29 is 38.7 Å². The molecule has 0 amide bonds. The predicted molar refractivity (Wildman–Crippen MR) is 125 cm³/mol. The van der Waals surface area contributed by atoms with E-state index in [-0.39, 0.29) is 0 Å². The molecule has 1 saturated heterocycles. The van der Waals surface area contributed by atoms with Crippen LogP contribution >= 0.6 is 0 Å². The summed E-state index contributed by atoms with van der Waals surface area (Å²) in [4.78, 5) is 23.1. The molecule has 2 aromatic carbocycles. The Balaban J connectivity index is 0.000000604. The van der Waals surface area contributed by atoms with Crippen LogP contribution in [-0.2, 0) is 22.7 Å². The maximum atomic E-state index is 9.10. The van der Waals surface area contributed by atoms with E-state index in [4.69, 9.17) is 38.7 Å². The molecule has 186 valence electrons. The summed E-state index contributed by atoms with van der Waals surface area (Å²) >= 11 is 0. The summed E-state index contributed by atoms with van der Waals surface area (Å²) in [6, 6.07) is 12.4. The predicted octanol–water partition coefficient (Wildman–Crippen LogP) is 2.19. The smallest absolute Gasteiger partial charge is 0.414 e. The molecule has 0 aliphatic carbocycles. The Hall–Kier alpha value is -3.50. The fourth-order valence-electron chi connectivity index (χ4n) is 3.62. The van der Waals surface area contributed by atoms with Crippen molar-refractivity contribution in [2.75, 3.05) is 54.6 Å². The van der Waals surface area contributed by atoms with Crippen molar-refractivity contribution in [2.45, 2.75) is 13.1 Å². The van der Waals surface area contributed by atoms with Crippen molar-refractivity contribution in [1.29, 1.82) is 0 Å². The largest absolute Gasteiger partial charge is 0.497 e. The lowest BCUT2D eigenvalue weighted by atomic mass is 10.1. The molecule has 0 spiro atoms. The van der Waals surface area contributed by atoms with Gasteiger partial charge in [-0.2, -0.15) is 0 Å². The van der Waals surface area contributed by atoms with Gasteiger partial charge >= 0.3 is 11.9 Å². The van der Waals surface area contributed by atoms with Crippen molar-refractivity contribution >= 4 is 11.9 Å². The number of benzene rings is 2. The number of ether oxygens (including phenoxy) is 4. The summed E-state index contributed by atoms with van der Waals surface area (Å²) in [5.74, 6) is -0.692. The summed E-state index contributed by atoms with van der Waals surface area (Å²) in [5, 5.41) is 14.8. The van der Waals surface area contributed by atoms with Crippen molar-refractivity contribution in [1.82, 2.24) is 9.80 Å². The molecule has 2 aromatic rings. The van der Waals surface area contributed by atoms with Gasteiger partial charge < -0.3 is 29.2 Å². The number of carboxylic acids is 2. The highest BCUT2D eigenvalue weighted by atomic mass is 16.5. The molecule has 0 atom stereocenters. The van der Waals surface area contributed by atoms with Crippen LogP contribution in [0.2, 0.25) is 0 Å². The third kappa shape index (κ3) is 7.82. The van der Waals surface area contributed by atoms with E-state index < -0.39 is 11.9 Å². The minimum Gasteiger partial charge on any atom is -0.497 e. The van der Waals surface area contributed by atoms with Gasteiger partial charge in [0.25, 0.3) is 0 Å². The van der Waals surface area contributed by atoms with Gasteiger partial charge in [0.1, 0.15) is 5.75 Å². The van der Waals surface area contributed by atoms with Crippen molar-refractivity contribution in [2.24, 2.45) is 0 Å². The maximum absolute atomic E-state index is 9.10. The second-order valence-corrected chi connectivity index (χ2v) is 7.55. The van der Waals surface area contributed by atoms with E-state index in [0.717, 1.165) is 50.6 Å². The Morgan fingerprint density at radius 2 is 1.24 bits per heavy atom. The highest BCUT2D eigenvalue weighted by Gasteiger charge is 2.19. The standard InChI is InChI=1S/C22H30N2O4.C2H2O4/c1-25-19-7-5-6-17(12-19)15-23-8-10-24(11-9-23)16-18-13-20(26-2)22(28-4)21(14-18)27-3;3-1(4)2(5)6/h5-7,12-14H,8-11,15-16H2,1-4H3;(H,3,4)(H,5,6). The van der Waals surface area contributed by atoms with E-state index in [1.54, 1.807) is 28.4 Å². The molecular weight excluding hydrogens is 444 g/mol. The van der Waals surface area contributed by atoms with E-state index in [9.17, 15) is 0 Å². The summed E-state index contributed by atoms with van der Waals surface area (Å²) in [7, 11) is 6.64. The molecule has 3 rings (SSSR count). The van der Waals surface area contributed by atoms with Crippen LogP contribution in [0, 0.1) is 0 Å². The zero-order valence-electron chi connectivity index (χ0n) is 19.9. The van der Waals surface area contributed by atoms with Gasteiger partial charge in [-0.3, -0.25) is 9.80 Å². The number of methoxy groups -OCH3 is 4. The molecule has 1 heterocycles. The first kappa shape index (κ1) is 26.7. The Morgan fingerprint density at radius 1 is 0.735 bits per heavy atom. The molecular formula is C24H32N2O8. The van der Waals surface area contributed by atoms with E-state index in [0.29, 0.717) is 17.2 Å². The molecule has 0 bridgehead atoms. The van der Waals surface area contributed by atoms with Gasteiger partial charge in [0, 0.05) is 39.3 Å². The summed E-state index contributed by atoms with van der Waals surface area (Å²) in [6.07, 6.45) is 0. The third-order valence-electron chi connectivity index (χ3n) is 5.32. The number of aliphatic carboxylic acids is 2. The van der Waals surface area contributed by atoms with Gasteiger partial charge in [-0.15, -0.1) is 0 Å². The van der Waals surface area contributed by atoms with Gasteiger partial charge in [0.05, 0.1) is 28.4 Å². The molecule has 10 heteroatoms. The Bertz CT molecular complexity index is 921. The van der Waals surface area contributed by atoms with Crippen LogP contribution in [0.4, 0.5) is 0 Å². The van der Waals surface area contributed by atoms with E-state index in [1.165, 1.54) is 5.56 Å². The average molecular weight is 477 g/mol. The Kier molecular flexibility index (Phi) is 10.4. The number of rotatable bonds is 8. The Labute approximate surface area is 199 Å². The van der Waals surface area contributed by atoms with Crippen LogP contribution in [0.5, 0.6) is 23.0 Å². The molecule has 1 fully saturated rings. The van der Waals surface area contributed by atoms with Crippen molar-refractivity contribution in [3.8, 4) is 23.0 Å². The molecule has 0 unspecified atom stereocenters. The monoisotopic (exact) mass is 476 g/mol. The first-order valence-electron chi connectivity index (χ1n) is 10.6. The van der Waals surface area contributed by atoms with Crippen LogP contribution in [0.1, 0.15) is 11.1 Å². The zero-order chi connectivity index (χ0) is 25.1. The first-order valence-corrected chi connectivity index (χ1v) is 10.6. The molecule has 10 nitrogen and oxygen atoms in total. The quantitative estimate of drug-likeness (QED) is 0.549. The third-order valence-corrected chi connectivity index (χ3v) is 5.32. The average Bonchev–Trinajstić information content (AvgIpc) is 2.85. The van der Waals surface area contributed by atoms with E-state index >= 15 is 0 Å². The number of carboxylic acid groups (broad SMARTS) is 2. The van der Waals surface area contributed by atoms with Crippen LogP contribution in [0.25, 0.3) is 0 Å². The zero-order valence-corrected chi connectivity index (χ0v) is 19.9. The molecule has 1 aliphatic rings. The number of hydrogen-bond donors (Lipinski definition) is 2.